The number of alkyl halides is 3. The largest absolute Gasteiger partial charge is 0.396 e. The molecule has 0 aliphatic carbocycles. The number of nitrogens with two attached hydrogens (primary N) is 1. The first-order chi connectivity index (χ1) is 7.36. The summed E-state index contributed by atoms with van der Waals surface area (Å²) >= 11 is 0. The zero-order valence-corrected chi connectivity index (χ0v) is 8.07. The average Bonchev–Trinajstić information content (AvgIpc) is 2.17. The second-order valence-corrected chi connectivity index (χ2v) is 3.18. The van der Waals surface area contributed by atoms with Gasteiger partial charge >= 0.3 is 6.18 Å². The number of rotatable bonds is 3. The fourth-order valence-electron chi connectivity index (χ4n) is 1.29. The number of nitrogens with zero attached hydrogens (tertiary/aromatic N) is 1. The molecule has 0 heterocycles. The van der Waals surface area contributed by atoms with Gasteiger partial charge in [0.2, 0.25) is 0 Å². The van der Waals surface area contributed by atoms with Crippen LogP contribution in [0, 0.1) is 10.1 Å². The SMILES string of the molecule is NCC(c1ccc([N+](=O)[O-])cc1)C(F)(F)F. The van der Waals surface area contributed by atoms with Crippen molar-refractivity contribution in [1.29, 1.82) is 0 Å². The minimum Gasteiger partial charge on any atom is -0.330 e. The summed E-state index contributed by atoms with van der Waals surface area (Å²) in [7, 11) is 0. The predicted molar refractivity (Wildman–Crippen MR) is 50.9 cm³/mol. The third kappa shape index (κ3) is 2.69. The van der Waals surface area contributed by atoms with Gasteiger partial charge in [0, 0.05) is 18.7 Å². The summed E-state index contributed by atoms with van der Waals surface area (Å²) in [6, 6.07) is 4.21. The van der Waals surface area contributed by atoms with Crippen LogP contribution < -0.4 is 5.73 Å². The van der Waals surface area contributed by atoms with Gasteiger partial charge in [-0.1, -0.05) is 12.1 Å². The second kappa shape index (κ2) is 4.48. The monoisotopic (exact) mass is 234 g/mol. The van der Waals surface area contributed by atoms with Crippen LogP contribution in [0.2, 0.25) is 0 Å². The molecule has 0 saturated heterocycles. The topological polar surface area (TPSA) is 69.2 Å². The molecule has 0 saturated carbocycles. The van der Waals surface area contributed by atoms with Crippen LogP contribution in [0.3, 0.4) is 0 Å². The maximum atomic E-state index is 12.5. The average molecular weight is 234 g/mol. The molecule has 4 nitrogen and oxygen atoms in total. The summed E-state index contributed by atoms with van der Waals surface area (Å²) in [6.45, 7) is -0.582. The number of hydrogen-bond acceptors (Lipinski definition) is 3. The van der Waals surface area contributed by atoms with Gasteiger partial charge < -0.3 is 5.73 Å². The Bertz CT molecular complexity index is 375. The number of nitro benzene ring substituents is 1. The first kappa shape index (κ1) is 12.4. The van der Waals surface area contributed by atoms with Crippen molar-refractivity contribution in [1.82, 2.24) is 0 Å². The molecule has 0 radical (unpaired) electrons. The van der Waals surface area contributed by atoms with E-state index in [-0.39, 0.29) is 11.3 Å². The lowest BCUT2D eigenvalue weighted by Crippen LogP contribution is -2.27. The molecule has 1 rings (SSSR count). The molecule has 88 valence electrons. The van der Waals surface area contributed by atoms with Crippen LogP contribution >= 0.6 is 0 Å². The van der Waals surface area contributed by atoms with Crippen molar-refractivity contribution in [3.8, 4) is 0 Å². The van der Waals surface area contributed by atoms with E-state index in [1.54, 1.807) is 0 Å². The molecule has 0 spiro atoms. The lowest BCUT2D eigenvalue weighted by atomic mass is 9.98. The molecular formula is C9H9F3N2O2. The molecule has 1 aromatic carbocycles. The van der Waals surface area contributed by atoms with E-state index in [1.165, 1.54) is 0 Å². The highest BCUT2D eigenvalue weighted by Gasteiger charge is 2.39. The number of non-ortho nitro benzene ring substituents is 1. The van der Waals surface area contributed by atoms with Crippen molar-refractivity contribution in [2.24, 2.45) is 5.73 Å². The van der Waals surface area contributed by atoms with E-state index < -0.39 is 23.6 Å². The number of halogens is 3. The Morgan fingerprint density at radius 3 is 2.12 bits per heavy atom. The van der Waals surface area contributed by atoms with Gasteiger partial charge in [-0.3, -0.25) is 10.1 Å². The molecule has 1 atom stereocenters. The maximum absolute atomic E-state index is 12.5. The summed E-state index contributed by atoms with van der Waals surface area (Å²) in [5, 5.41) is 10.3. The Labute approximate surface area is 89.0 Å². The summed E-state index contributed by atoms with van der Waals surface area (Å²) in [5.74, 6) is -1.78. The predicted octanol–water partition coefficient (Wildman–Crippen LogP) is 2.20. The van der Waals surface area contributed by atoms with Gasteiger partial charge in [-0.25, -0.2) is 0 Å². The summed E-state index contributed by atoms with van der Waals surface area (Å²) in [4.78, 5) is 9.64. The molecule has 0 fully saturated rings. The third-order valence-electron chi connectivity index (χ3n) is 2.14. The Morgan fingerprint density at radius 2 is 1.81 bits per heavy atom. The van der Waals surface area contributed by atoms with Gasteiger partial charge in [0.15, 0.2) is 0 Å². The van der Waals surface area contributed by atoms with Gasteiger partial charge in [0.25, 0.3) is 5.69 Å². The molecule has 16 heavy (non-hydrogen) atoms. The van der Waals surface area contributed by atoms with Crippen LogP contribution in [0.4, 0.5) is 18.9 Å². The van der Waals surface area contributed by atoms with Crippen molar-refractivity contribution in [3.63, 3.8) is 0 Å². The van der Waals surface area contributed by atoms with Gasteiger partial charge in [-0.05, 0) is 5.56 Å². The van der Waals surface area contributed by atoms with E-state index >= 15 is 0 Å². The van der Waals surface area contributed by atoms with E-state index in [0.717, 1.165) is 24.3 Å². The smallest absolute Gasteiger partial charge is 0.330 e. The zero-order chi connectivity index (χ0) is 12.3. The summed E-state index contributed by atoms with van der Waals surface area (Å²) in [6.07, 6.45) is -4.44. The highest BCUT2D eigenvalue weighted by molar-refractivity contribution is 5.35. The quantitative estimate of drug-likeness (QED) is 0.643. The van der Waals surface area contributed by atoms with Gasteiger partial charge in [-0.15, -0.1) is 0 Å². The van der Waals surface area contributed by atoms with Crippen LogP contribution in [0.5, 0.6) is 0 Å². The Kier molecular flexibility index (Phi) is 3.48. The second-order valence-electron chi connectivity index (χ2n) is 3.18. The molecule has 0 aliphatic rings. The van der Waals surface area contributed by atoms with Crippen LogP contribution in [-0.4, -0.2) is 17.6 Å². The normalized spacial score (nSPS) is 13.5. The molecule has 0 amide bonds. The standard InChI is InChI=1S/C9H9F3N2O2/c10-9(11,12)8(5-13)6-1-3-7(4-2-6)14(15)16/h1-4,8H,5,13H2. The van der Waals surface area contributed by atoms with E-state index in [9.17, 15) is 23.3 Å². The Morgan fingerprint density at radius 1 is 1.31 bits per heavy atom. The number of benzene rings is 1. The molecule has 1 aromatic rings. The van der Waals surface area contributed by atoms with Crippen LogP contribution in [0.25, 0.3) is 0 Å². The highest BCUT2D eigenvalue weighted by Crippen LogP contribution is 2.34. The zero-order valence-electron chi connectivity index (χ0n) is 8.07. The lowest BCUT2D eigenvalue weighted by Gasteiger charge is -2.18. The molecule has 0 aliphatic heterocycles. The Hall–Kier alpha value is -1.63. The maximum Gasteiger partial charge on any atom is 0.396 e. The molecule has 7 heteroatoms. The minimum absolute atomic E-state index is 0.0689. The first-order valence-electron chi connectivity index (χ1n) is 4.37. The van der Waals surface area contributed by atoms with Crippen molar-refractivity contribution >= 4 is 5.69 Å². The molecule has 0 bridgehead atoms. The van der Waals surface area contributed by atoms with Crippen molar-refractivity contribution in [2.45, 2.75) is 12.1 Å². The van der Waals surface area contributed by atoms with Crippen LogP contribution in [-0.2, 0) is 0 Å². The van der Waals surface area contributed by atoms with E-state index in [0.29, 0.717) is 0 Å². The molecular weight excluding hydrogens is 225 g/mol. The highest BCUT2D eigenvalue weighted by atomic mass is 19.4. The van der Waals surface area contributed by atoms with Gasteiger partial charge in [0.1, 0.15) is 0 Å². The fourth-order valence-corrected chi connectivity index (χ4v) is 1.29. The van der Waals surface area contributed by atoms with E-state index in [2.05, 4.69) is 0 Å². The molecule has 0 aromatic heterocycles. The Balaban J connectivity index is 3.00. The van der Waals surface area contributed by atoms with Crippen molar-refractivity contribution in [3.05, 3.63) is 39.9 Å². The minimum atomic E-state index is -4.44. The third-order valence-corrected chi connectivity index (χ3v) is 2.14. The molecule has 2 N–H and O–H groups in total. The first-order valence-corrected chi connectivity index (χ1v) is 4.37. The summed E-state index contributed by atoms with van der Waals surface area (Å²) in [5.41, 5.74) is 4.72. The van der Waals surface area contributed by atoms with Gasteiger partial charge in [-0.2, -0.15) is 13.2 Å². The fraction of sp³-hybridized carbons (Fsp3) is 0.333. The van der Waals surface area contributed by atoms with Crippen LogP contribution in [0.15, 0.2) is 24.3 Å². The molecule has 1 unspecified atom stereocenters. The van der Waals surface area contributed by atoms with Crippen molar-refractivity contribution < 1.29 is 18.1 Å². The summed E-state index contributed by atoms with van der Waals surface area (Å²) < 4.78 is 37.4. The van der Waals surface area contributed by atoms with Gasteiger partial charge in [0.05, 0.1) is 10.8 Å². The van der Waals surface area contributed by atoms with E-state index in [4.69, 9.17) is 5.73 Å². The van der Waals surface area contributed by atoms with Crippen LogP contribution in [0.1, 0.15) is 11.5 Å². The van der Waals surface area contributed by atoms with E-state index in [1.807, 2.05) is 0 Å². The number of hydrogen-bond donors (Lipinski definition) is 1. The van der Waals surface area contributed by atoms with Crippen molar-refractivity contribution in [2.75, 3.05) is 6.54 Å². The lowest BCUT2D eigenvalue weighted by molar-refractivity contribution is -0.384. The number of nitro groups is 1.